The van der Waals surface area contributed by atoms with E-state index in [0.717, 1.165) is 11.5 Å². The molecule has 0 spiro atoms. The summed E-state index contributed by atoms with van der Waals surface area (Å²) in [5.41, 5.74) is 1.64. The summed E-state index contributed by atoms with van der Waals surface area (Å²) in [7, 11) is 1.60. The van der Waals surface area contributed by atoms with Crippen LogP contribution in [0.5, 0.6) is 5.75 Å². The van der Waals surface area contributed by atoms with Gasteiger partial charge in [0.25, 0.3) is 0 Å². The molecule has 3 aromatic rings. The van der Waals surface area contributed by atoms with Crippen LogP contribution in [-0.4, -0.2) is 64.2 Å². The molecule has 0 aliphatic carbocycles. The lowest BCUT2D eigenvalue weighted by Gasteiger charge is -2.35. The molecule has 1 aromatic carbocycles. The van der Waals surface area contributed by atoms with Gasteiger partial charge in [0.05, 0.1) is 12.8 Å². The molecule has 150 valence electrons. The Morgan fingerprint density at radius 3 is 2.45 bits per heavy atom. The van der Waals surface area contributed by atoms with Crippen molar-refractivity contribution in [2.75, 3.05) is 43.5 Å². The van der Waals surface area contributed by atoms with E-state index < -0.39 is 0 Å². The van der Waals surface area contributed by atoms with Crippen molar-refractivity contribution in [2.45, 2.75) is 6.92 Å². The highest BCUT2D eigenvalue weighted by Gasteiger charge is 2.22. The first-order valence-electron chi connectivity index (χ1n) is 9.44. The molecule has 0 radical (unpaired) electrons. The van der Waals surface area contributed by atoms with Crippen molar-refractivity contribution in [3.63, 3.8) is 0 Å². The molecule has 1 aliphatic rings. The highest BCUT2D eigenvalue weighted by atomic mass is 16.5. The molecule has 3 heterocycles. The number of ether oxygens (including phenoxy) is 1. The zero-order valence-electron chi connectivity index (χ0n) is 16.4. The van der Waals surface area contributed by atoms with Gasteiger partial charge in [-0.1, -0.05) is 6.07 Å². The molecule has 29 heavy (non-hydrogen) atoms. The zero-order valence-corrected chi connectivity index (χ0v) is 16.4. The average Bonchev–Trinajstić information content (AvgIpc) is 3.20. The average molecular weight is 393 g/mol. The van der Waals surface area contributed by atoms with Crippen molar-refractivity contribution in [1.82, 2.24) is 24.9 Å². The van der Waals surface area contributed by atoms with Gasteiger partial charge in [0.2, 0.25) is 0 Å². The molecule has 2 amide bonds. The highest BCUT2D eigenvalue weighted by molar-refractivity contribution is 5.89. The van der Waals surface area contributed by atoms with Gasteiger partial charge in [0, 0.05) is 44.1 Å². The first-order chi connectivity index (χ1) is 14.1. The molecule has 1 saturated heterocycles. The van der Waals surface area contributed by atoms with Crippen molar-refractivity contribution in [3.8, 4) is 11.6 Å². The second kappa shape index (κ2) is 8.17. The number of nitrogens with zero attached hydrogens (tertiary/aromatic N) is 6. The van der Waals surface area contributed by atoms with Gasteiger partial charge in [-0.15, -0.1) is 10.2 Å². The number of piperazine rings is 1. The van der Waals surface area contributed by atoms with E-state index in [2.05, 4.69) is 25.5 Å². The first-order valence-corrected chi connectivity index (χ1v) is 9.44. The highest BCUT2D eigenvalue weighted by Crippen LogP contribution is 2.18. The minimum absolute atomic E-state index is 0.117. The number of anilines is 2. The van der Waals surface area contributed by atoms with Crippen LogP contribution in [0, 0.1) is 6.92 Å². The summed E-state index contributed by atoms with van der Waals surface area (Å²) in [4.78, 5) is 16.5. The van der Waals surface area contributed by atoms with Crippen LogP contribution in [0.3, 0.4) is 0 Å². The predicted molar refractivity (Wildman–Crippen MR) is 110 cm³/mol. The summed E-state index contributed by atoms with van der Waals surface area (Å²) in [6.45, 7) is 4.54. The Kier molecular flexibility index (Phi) is 5.28. The third-order valence-electron chi connectivity index (χ3n) is 4.81. The number of methoxy groups -OCH3 is 1. The number of aryl methyl sites for hydroxylation is 1. The monoisotopic (exact) mass is 393 g/mol. The minimum atomic E-state index is -0.117. The third-order valence-corrected chi connectivity index (χ3v) is 4.81. The van der Waals surface area contributed by atoms with E-state index in [1.54, 1.807) is 22.8 Å². The Morgan fingerprint density at radius 2 is 1.79 bits per heavy atom. The number of rotatable bonds is 4. The van der Waals surface area contributed by atoms with Crippen LogP contribution in [0.1, 0.15) is 5.69 Å². The van der Waals surface area contributed by atoms with Crippen molar-refractivity contribution in [1.29, 1.82) is 0 Å². The number of urea groups is 1. The summed E-state index contributed by atoms with van der Waals surface area (Å²) in [6.07, 6.45) is 1.86. The topological polar surface area (TPSA) is 88.4 Å². The minimum Gasteiger partial charge on any atom is -0.497 e. The van der Waals surface area contributed by atoms with Crippen molar-refractivity contribution in [2.24, 2.45) is 0 Å². The van der Waals surface area contributed by atoms with Crippen LogP contribution in [0.25, 0.3) is 5.82 Å². The normalized spacial score (nSPS) is 14.0. The molecular formula is C20H23N7O2. The summed E-state index contributed by atoms with van der Waals surface area (Å²) in [6, 6.07) is 13.0. The number of benzene rings is 1. The van der Waals surface area contributed by atoms with Gasteiger partial charge in [-0.2, -0.15) is 5.10 Å². The SMILES string of the molecule is COc1cccc(NC(=O)N2CCN(c3ccc(-n4ccc(C)n4)nn3)CC2)c1. The van der Waals surface area contributed by atoms with Gasteiger partial charge in [-0.05, 0) is 37.3 Å². The quantitative estimate of drug-likeness (QED) is 0.732. The van der Waals surface area contributed by atoms with Crippen LogP contribution >= 0.6 is 0 Å². The number of carbonyl (C=O) groups is 1. The Labute approximate surface area is 168 Å². The molecule has 0 atom stereocenters. The molecule has 2 aromatic heterocycles. The Morgan fingerprint density at radius 1 is 1.03 bits per heavy atom. The van der Waals surface area contributed by atoms with Gasteiger partial charge in [0.15, 0.2) is 11.6 Å². The van der Waals surface area contributed by atoms with Crippen molar-refractivity contribution >= 4 is 17.5 Å². The number of carbonyl (C=O) groups excluding carboxylic acids is 1. The Bertz CT molecular complexity index is 979. The van der Waals surface area contributed by atoms with Gasteiger partial charge in [-0.25, -0.2) is 9.48 Å². The number of aromatic nitrogens is 4. The van der Waals surface area contributed by atoms with E-state index in [0.29, 0.717) is 43.4 Å². The lowest BCUT2D eigenvalue weighted by atomic mass is 10.3. The van der Waals surface area contributed by atoms with E-state index in [1.165, 1.54) is 0 Å². The second-order valence-electron chi connectivity index (χ2n) is 6.79. The zero-order chi connectivity index (χ0) is 20.2. The van der Waals surface area contributed by atoms with E-state index in [4.69, 9.17) is 4.74 Å². The van der Waals surface area contributed by atoms with Crippen LogP contribution in [0.2, 0.25) is 0 Å². The summed E-state index contributed by atoms with van der Waals surface area (Å²) < 4.78 is 6.89. The third kappa shape index (κ3) is 4.29. The fourth-order valence-electron chi connectivity index (χ4n) is 3.19. The maximum absolute atomic E-state index is 12.5. The number of hydrogen-bond acceptors (Lipinski definition) is 6. The van der Waals surface area contributed by atoms with Crippen molar-refractivity contribution in [3.05, 3.63) is 54.4 Å². The molecular weight excluding hydrogens is 370 g/mol. The van der Waals surface area contributed by atoms with E-state index in [-0.39, 0.29) is 6.03 Å². The van der Waals surface area contributed by atoms with Crippen LogP contribution < -0.4 is 15.0 Å². The molecule has 1 aliphatic heterocycles. The maximum atomic E-state index is 12.5. The number of amides is 2. The fourth-order valence-corrected chi connectivity index (χ4v) is 3.19. The maximum Gasteiger partial charge on any atom is 0.321 e. The van der Waals surface area contributed by atoms with Crippen LogP contribution in [0.4, 0.5) is 16.3 Å². The van der Waals surface area contributed by atoms with E-state index in [1.807, 2.05) is 49.5 Å². The number of hydrogen-bond donors (Lipinski definition) is 1. The first kappa shape index (κ1) is 18.7. The van der Waals surface area contributed by atoms with E-state index in [9.17, 15) is 4.79 Å². The second-order valence-corrected chi connectivity index (χ2v) is 6.79. The van der Waals surface area contributed by atoms with Crippen LogP contribution in [0.15, 0.2) is 48.7 Å². The van der Waals surface area contributed by atoms with Crippen LogP contribution in [-0.2, 0) is 0 Å². The molecule has 1 N–H and O–H groups in total. The van der Waals surface area contributed by atoms with Gasteiger partial charge in [-0.3, -0.25) is 0 Å². The molecule has 1 fully saturated rings. The molecule has 4 rings (SSSR count). The van der Waals surface area contributed by atoms with Gasteiger partial charge in [0.1, 0.15) is 5.75 Å². The predicted octanol–water partition coefficient (Wildman–Crippen LogP) is 2.33. The smallest absolute Gasteiger partial charge is 0.321 e. The fraction of sp³-hybridized carbons (Fsp3) is 0.300. The van der Waals surface area contributed by atoms with Crippen molar-refractivity contribution < 1.29 is 9.53 Å². The lowest BCUT2D eigenvalue weighted by molar-refractivity contribution is 0.208. The molecule has 0 saturated carbocycles. The summed E-state index contributed by atoms with van der Waals surface area (Å²) in [5, 5.41) is 15.9. The van der Waals surface area contributed by atoms with E-state index >= 15 is 0 Å². The standard InChI is InChI=1S/C20H23N7O2/c1-15-8-9-27(24-15)19-7-6-18(22-23-19)25-10-12-26(13-11-25)20(28)21-16-4-3-5-17(14-16)29-2/h3-9,14H,10-13H2,1-2H3,(H,21,28). The molecule has 9 nitrogen and oxygen atoms in total. The Balaban J connectivity index is 1.33. The summed E-state index contributed by atoms with van der Waals surface area (Å²) in [5.74, 6) is 2.18. The molecule has 0 bridgehead atoms. The largest absolute Gasteiger partial charge is 0.497 e. The van der Waals surface area contributed by atoms with Gasteiger partial charge >= 0.3 is 6.03 Å². The molecule has 0 unspecified atom stereocenters. The number of nitrogens with one attached hydrogen (secondary N) is 1. The Hall–Kier alpha value is -3.62. The lowest BCUT2D eigenvalue weighted by Crippen LogP contribution is -2.50. The van der Waals surface area contributed by atoms with Gasteiger partial charge < -0.3 is 19.9 Å². The summed E-state index contributed by atoms with van der Waals surface area (Å²) >= 11 is 0. The molecule has 9 heteroatoms.